The first-order valence-electron chi connectivity index (χ1n) is 8.23. The fourth-order valence-corrected chi connectivity index (χ4v) is 2.97. The quantitative estimate of drug-likeness (QED) is 0.291. The number of H-pyrrole nitrogens is 1. The zero-order valence-corrected chi connectivity index (χ0v) is 16.2. The van der Waals surface area contributed by atoms with E-state index in [1.54, 1.807) is 6.20 Å². The number of carbonyl (C=O) groups excluding carboxylic acids is 2. The minimum atomic E-state index is -1.18. The number of para-hydroxylation sites is 1. The molecule has 6 N–H and O–H groups in total. The summed E-state index contributed by atoms with van der Waals surface area (Å²) in [4.78, 5) is 39.0. The van der Waals surface area contributed by atoms with Crippen LogP contribution < -0.4 is 16.4 Å². The van der Waals surface area contributed by atoms with Crippen LogP contribution in [-0.4, -0.2) is 57.5 Å². The predicted octanol–water partition coefficient (Wildman–Crippen LogP) is -0.0485. The average Bonchev–Trinajstić information content (AvgIpc) is 3.07. The number of carboxylic acids is 1. The van der Waals surface area contributed by atoms with Crippen molar-refractivity contribution < 1.29 is 19.5 Å². The van der Waals surface area contributed by atoms with Crippen molar-refractivity contribution >= 4 is 53.9 Å². The van der Waals surface area contributed by atoms with E-state index in [4.69, 9.17) is 5.73 Å². The number of aromatic amines is 1. The normalized spacial score (nSPS) is 14.3. The van der Waals surface area contributed by atoms with E-state index >= 15 is 0 Å². The zero-order chi connectivity index (χ0) is 20.0. The van der Waals surface area contributed by atoms with Gasteiger partial charge in [0.25, 0.3) is 0 Å². The van der Waals surface area contributed by atoms with Crippen molar-refractivity contribution in [2.75, 3.05) is 11.5 Å². The SMILES string of the molecule is N[C@@H](CS)C(=O)N[C@@H](CS)C(=O)N[C@@H](Cc1c[nH]c2ccccc12)C(=O)O. The molecule has 0 radical (unpaired) electrons. The molecule has 0 fully saturated rings. The highest BCUT2D eigenvalue weighted by molar-refractivity contribution is 7.80. The molecule has 0 unspecified atom stereocenters. The van der Waals surface area contributed by atoms with E-state index in [1.807, 2.05) is 24.3 Å². The molecule has 8 nitrogen and oxygen atoms in total. The summed E-state index contributed by atoms with van der Waals surface area (Å²) in [5, 5.41) is 15.3. The molecule has 2 amide bonds. The van der Waals surface area contributed by atoms with Gasteiger partial charge in [-0.25, -0.2) is 4.79 Å². The maximum atomic E-state index is 12.4. The number of fused-ring (bicyclic) bond motifs is 1. The number of hydrogen-bond donors (Lipinski definition) is 7. The molecule has 0 saturated carbocycles. The minimum absolute atomic E-state index is 0.00368. The van der Waals surface area contributed by atoms with E-state index in [1.165, 1.54) is 0 Å². The number of benzene rings is 1. The second kappa shape index (κ2) is 9.67. The standard InChI is InChI=1S/C17H22N4O4S2/c18-11(7-26)15(22)21-14(8-27)16(23)20-13(17(24)25)5-9-6-19-12-4-2-1-3-10(9)12/h1-4,6,11,13-14,19,26-27H,5,7-8,18H2,(H,20,23)(H,21,22)(H,24,25)/t11-,13-,14-/m0/s1. The van der Waals surface area contributed by atoms with Gasteiger partial charge in [0, 0.05) is 35.0 Å². The molecule has 0 spiro atoms. The lowest BCUT2D eigenvalue weighted by molar-refractivity contribution is -0.142. The van der Waals surface area contributed by atoms with E-state index in [-0.39, 0.29) is 17.9 Å². The van der Waals surface area contributed by atoms with Gasteiger partial charge >= 0.3 is 5.97 Å². The first kappa shape index (κ1) is 21.1. The fraction of sp³-hybridized carbons (Fsp3) is 0.353. The van der Waals surface area contributed by atoms with Gasteiger partial charge in [-0.15, -0.1) is 0 Å². The van der Waals surface area contributed by atoms with Crippen LogP contribution in [0.1, 0.15) is 5.56 Å². The van der Waals surface area contributed by atoms with Gasteiger partial charge in [0.2, 0.25) is 11.8 Å². The van der Waals surface area contributed by atoms with Gasteiger partial charge in [-0.3, -0.25) is 9.59 Å². The van der Waals surface area contributed by atoms with E-state index in [9.17, 15) is 19.5 Å². The molecular weight excluding hydrogens is 388 g/mol. The van der Waals surface area contributed by atoms with Gasteiger partial charge in [-0.2, -0.15) is 25.3 Å². The van der Waals surface area contributed by atoms with Crippen LogP contribution in [-0.2, 0) is 20.8 Å². The van der Waals surface area contributed by atoms with Crippen molar-refractivity contribution in [1.29, 1.82) is 0 Å². The van der Waals surface area contributed by atoms with Crippen LogP contribution in [0.25, 0.3) is 10.9 Å². The molecule has 10 heteroatoms. The number of aliphatic carboxylic acids is 1. The van der Waals surface area contributed by atoms with E-state index < -0.39 is 35.9 Å². The molecule has 1 heterocycles. The Morgan fingerprint density at radius 2 is 1.74 bits per heavy atom. The van der Waals surface area contributed by atoms with Crippen LogP contribution in [0, 0.1) is 0 Å². The highest BCUT2D eigenvalue weighted by atomic mass is 32.1. The third-order valence-electron chi connectivity index (χ3n) is 4.06. The summed E-state index contributed by atoms with van der Waals surface area (Å²) in [5.74, 6) is -2.26. The summed E-state index contributed by atoms with van der Waals surface area (Å²) in [5.41, 5.74) is 7.21. The topological polar surface area (TPSA) is 137 Å². The lowest BCUT2D eigenvalue weighted by atomic mass is 10.0. The maximum absolute atomic E-state index is 12.4. The number of rotatable bonds is 9. The van der Waals surface area contributed by atoms with Crippen LogP contribution in [0.15, 0.2) is 30.5 Å². The van der Waals surface area contributed by atoms with E-state index in [2.05, 4.69) is 40.9 Å². The summed E-state index contributed by atoms with van der Waals surface area (Å²) >= 11 is 7.98. The van der Waals surface area contributed by atoms with Crippen molar-refractivity contribution in [3.05, 3.63) is 36.0 Å². The highest BCUT2D eigenvalue weighted by Gasteiger charge is 2.27. The Bertz CT molecular complexity index is 826. The van der Waals surface area contributed by atoms with Crippen LogP contribution in [0.4, 0.5) is 0 Å². The second-order valence-electron chi connectivity index (χ2n) is 6.00. The lowest BCUT2D eigenvalue weighted by Crippen LogP contribution is -2.55. The van der Waals surface area contributed by atoms with Crippen molar-refractivity contribution in [3.63, 3.8) is 0 Å². The second-order valence-corrected chi connectivity index (χ2v) is 6.73. The van der Waals surface area contributed by atoms with Gasteiger partial charge in [-0.1, -0.05) is 18.2 Å². The number of nitrogens with one attached hydrogen (secondary N) is 3. The fourth-order valence-electron chi connectivity index (χ4n) is 2.55. The van der Waals surface area contributed by atoms with Gasteiger partial charge in [0.1, 0.15) is 12.1 Å². The average molecular weight is 411 g/mol. The molecule has 146 valence electrons. The third-order valence-corrected chi connectivity index (χ3v) is 4.82. The van der Waals surface area contributed by atoms with Crippen molar-refractivity contribution in [3.8, 4) is 0 Å². The smallest absolute Gasteiger partial charge is 0.326 e. The van der Waals surface area contributed by atoms with Gasteiger partial charge in [-0.05, 0) is 11.6 Å². The molecule has 2 rings (SSSR count). The summed E-state index contributed by atoms with van der Waals surface area (Å²) < 4.78 is 0. The Kier molecular flexibility index (Phi) is 7.57. The van der Waals surface area contributed by atoms with E-state index in [0.29, 0.717) is 0 Å². The molecule has 2 aromatic rings. The Balaban J connectivity index is 2.09. The van der Waals surface area contributed by atoms with Crippen molar-refractivity contribution in [2.45, 2.75) is 24.5 Å². The summed E-state index contributed by atoms with van der Waals surface area (Å²) in [6.45, 7) is 0. The minimum Gasteiger partial charge on any atom is -0.480 e. The summed E-state index contributed by atoms with van der Waals surface area (Å²) in [6, 6.07) is 4.44. The molecular formula is C17H22N4O4S2. The Hall–Kier alpha value is -2.17. The van der Waals surface area contributed by atoms with Gasteiger partial charge in [0.15, 0.2) is 0 Å². The van der Waals surface area contributed by atoms with Crippen LogP contribution in [0.5, 0.6) is 0 Å². The monoisotopic (exact) mass is 410 g/mol. The molecule has 0 aliphatic rings. The van der Waals surface area contributed by atoms with Crippen LogP contribution >= 0.6 is 25.3 Å². The Labute approximate surface area is 167 Å². The number of amides is 2. The highest BCUT2D eigenvalue weighted by Crippen LogP contribution is 2.19. The number of aromatic nitrogens is 1. The molecule has 0 saturated heterocycles. The third kappa shape index (κ3) is 5.41. The molecule has 1 aromatic heterocycles. The molecule has 27 heavy (non-hydrogen) atoms. The van der Waals surface area contributed by atoms with Crippen molar-refractivity contribution in [1.82, 2.24) is 15.6 Å². The summed E-state index contributed by atoms with van der Waals surface area (Å²) in [7, 11) is 0. The van der Waals surface area contributed by atoms with E-state index in [0.717, 1.165) is 16.5 Å². The maximum Gasteiger partial charge on any atom is 0.326 e. The van der Waals surface area contributed by atoms with Crippen molar-refractivity contribution in [2.24, 2.45) is 5.73 Å². The lowest BCUT2D eigenvalue weighted by Gasteiger charge is -2.21. The summed E-state index contributed by atoms with van der Waals surface area (Å²) in [6.07, 6.45) is 1.81. The largest absolute Gasteiger partial charge is 0.480 e. The predicted molar refractivity (Wildman–Crippen MR) is 109 cm³/mol. The number of nitrogens with two attached hydrogens (primary N) is 1. The number of carbonyl (C=O) groups is 3. The Morgan fingerprint density at radius 1 is 1.07 bits per heavy atom. The number of hydrogen-bond acceptors (Lipinski definition) is 6. The molecule has 3 atom stereocenters. The van der Waals surface area contributed by atoms with Gasteiger partial charge in [0.05, 0.1) is 6.04 Å². The van der Waals surface area contributed by atoms with Gasteiger partial charge < -0.3 is 26.5 Å². The Morgan fingerprint density at radius 3 is 2.37 bits per heavy atom. The molecule has 0 aliphatic heterocycles. The molecule has 1 aromatic carbocycles. The zero-order valence-electron chi connectivity index (χ0n) is 14.4. The first-order valence-corrected chi connectivity index (χ1v) is 9.49. The number of thiol groups is 2. The van der Waals surface area contributed by atoms with Crippen LogP contribution in [0.2, 0.25) is 0 Å². The first-order chi connectivity index (χ1) is 12.9. The van der Waals surface area contributed by atoms with Crippen LogP contribution in [0.3, 0.4) is 0 Å². The number of carboxylic acid groups (broad SMARTS) is 1. The molecule has 0 aliphatic carbocycles. The molecule has 0 bridgehead atoms.